The Bertz CT molecular complexity index is 353. The molecule has 2 heterocycles. The largest absolute Gasteiger partial charge is 0.392 e. The fraction of sp³-hybridized carbons (Fsp3) is 0.938. The highest BCUT2D eigenvalue weighted by Gasteiger charge is 2.35. The molecule has 2 saturated heterocycles. The van der Waals surface area contributed by atoms with E-state index in [1.165, 1.54) is 19.3 Å². The molecule has 128 valence electrons. The minimum absolute atomic E-state index is 0.0510. The second kappa shape index (κ2) is 9.06. The Balaban J connectivity index is 1.75. The zero-order chi connectivity index (χ0) is 15.8. The van der Waals surface area contributed by atoms with Gasteiger partial charge in [-0.15, -0.1) is 0 Å². The fourth-order valence-corrected chi connectivity index (χ4v) is 3.75. The first kappa shape index (κ1) is 18.0. The highest BCUT2D eigenvalue weighted by Crippen LogP contribution is 2.35. The van der Waals surface area contributed by atoms with Gasteiger partial charge in [-0.1, -0.05) is 30.1 Å². The summed E-state index contributed by atoms with van der Waals surface area (Å²) in [5.41, 5.74) is -0.0510. The number of piperidine rings is 2. The van der Waals surface area contributed by atoms with Crippen LogP contribution in [0.1, 0.15) is 45.4 Å². The average molecular weight is 332 g/mol. The Kier molecular flexibility index (Phi) is 7.41. The quantitative estimate of drug-likeness (QED) is 0.554. The maximum atomic E-state index is 10.1. The van der Waals surface area contributed by atoms with Gasteiger partial charge in [-0.05, 0) is 58.3 Å². The smallest absolute Gasteiger partial charge is 0.151 e. The van der Waals surface area contributed by atoms with Crippen molar-refractivity contribution in [2.45, 2.75) is 51.6 Å². The van der Waals surface area contributed by atoms with Crippen LogP contribution in [-0.2, 0) is 4.84 Å². The molecule has 2 aliphatic rings. The number of β-amino-alcohol motifs (C(OH)–C–C–N with tert-alkyl or cyclic N) is 1. The van der Waals surface area contributed by atoms with Crippen molar-refractivity contribution in [3.8, 4) is 0 Å². The maximum Gasteiger partial charge on any atom is 0.151 e. The first-order valence-corrected chi connectivity index (χ1v) is 9.01. The van der Waals surface area contributed by atoms with Crippen LogP contribution in [0.2, 0.25) is 0 Å². The molecule has 0 saturated carbocycles. The molecule has 0 bridgehead atoms. The molecule has 0 aromatic rings. The third kappa shape index (κ3) is 5.08. The number of hydrogen-bond donors (Lipinski definition) is 2. The number of nitrogens with one attached hydrogen (secondary N) is 1. The number of hydrogen-bond acceptors (Lipinski definition) is 5. The topological polar surface area (TPSA) is 57.1 Å². The van der Waals surface area contributed by atoms with Gasteiger partial charge < -0.3 is 20.2 Å². The normalized spacial score (nSPS) is 25.0. The lowest BCUT2D eigenvalue weighted by molar-refractivity contribution is 0.0149. The van der Waals surface area contributed by atoms with Crippen LogP contribution in [-0.4, -0.2) is 60.6 Å². The number of rotatable bonds is 7. The van der Waals surface area contributed by atoms with Crippen LogP contribution in [0.5, 0.6) is 0 Å². The van der Waals surface area contributed by atoms with Gasteiger partial charge in [0.15, 0.2) is 5.17 Å². The van der Waals surface area contributed by atoms with Crippen molar-refractivity contribution in [3.63, 3.8) is 0 Å². The summed E-state index contributed by atoms with van der Waals surface area (Å²) in [5, 5.41) is 18.1. The number of aliphatic hydroxyl groups excluding tert-OH is 1. The van der Waals surface area contributed by atoms with E-state index in [0.717, 1.165) is 45.4 Å². The van der Waals surface area contributed by atoms with E-state index in [9.17, 15) is 5.11 Å². The van der Waals surface area contributed by atoms with E-state index < -0.39 is 6.10 Å². The lowest BCUT2D eigenvalue weighted by atomic mass is 9.77. The van der Waals surface area contributed by atoms with Crippen molar-refractivity contribution in [2.75, 3.05) is 39.3 Å². The van der Waals surface area contributed by atoms with E-state index in [1.54, 1.807) is 0 Å². The Morgan fingerprint density at radius 1 is 1.32 bits per heavy atom. The van der Waals surface area contributed by atoms with Gasteiger partial charge in [-0.25, -0.2) is 0 Å². The summed E-state index contributed by atoms with van der Waals surface area (Å²) in [6.07, 6.45) is 6.21. The number of nitrogens with zero attached hydrogens (tertiary/aromatic N) is 2. The maximum absolute atomic E-state index is 10.1. The highest BCUT2D eigenvalue weighted by atomic mass is 35.5. The number of oxime groups is 1. The third-order valence-corrected chi connectivity index (χ3v) is 5.47. The van der Waals surface area contributed by atoms with Crippen molar-refractivity contribution in [2.24, 2.45) is 10.6 Å². The molecule has 0 aromatic carbocycles. The molecule has 5 nitrogen and oxygen atoms in total. The van der Waals surface area contributed by atoms with Gasteiger partial charge in [0.05, 0.1) is 0 Å². The lowest BCUT2D eigenvalue weighted by Gasteiger charge is -2.35. The van der Waals surface area contributed by atoms with Crippen LogP contribution in [0, 0.1) is 5.41 Å². The number of halogens is 1. The van der Waals surface area contributed by atoms with Crippen molar-refractivity contribution >= 4 is 16.8 Å². The summed E-state index contributed by atoms with van der Waals surface area (Å²) < 4.78 is 0. The number of likely N-dealkylation sites (tertiary alicyclic amines) is 1. The molecule has 1 unspecified atom stereocenters. The molecular formula is C16H30ClN3O2. The Hall–Kier alpha value is -0.360. The fourth-order valence-electron chi connectivity index (χ4n) is 3.38. The molecule has 6 heteroatoms. The van der Waals surface area contributed by atoms with E-state index in [4.69, 9.17) is 16.4 Å². The zero-order valence-corrected chi connectivity index (χ0v) is 14.4. The van der Waals surface area contributed by atoms with E-state index >= 15 is 0 Å². The molecule has 0 radical (unpaired) electrons. The van der Waals surface area contributed by atoms with Gasteiger partial charge >= 0.3 is 0 Å². The molecule has 0 aliphatic carbocycles. The van der Waals surface area contributed by atoms with Crippen LogP contribution >= 0.6 is 11.6 Å². The molecule has 1 atom stereocenters. The molecular weight excluding hydrogens is 302 g/mol. The number of aliphatic hydroxyl groups is 1. The minimum atomic E-state index is -0.503. The van der Waals surface area contributed by atoms with Crippen LogP contribution in [0.3, 0.4) is 0 Å². The van der Waals surface area contributed by atoms with Crippen LogP contribution in [0.4, 0.5) is 0 Å². The lowest BCUT2D eigenvalue weighted by Crippen LogP contribution is -2.40. The predicted octanol–water partition coefficient (Wildman–Crippen LogP) is 2.18. The molecule has 2 rings (SSSR count). The van der Waals surface area contributed by atoms with E-state index in [-0.39, 0.29) is 12.0 Å². The molecule has 0 spiro atoms. The van der Waals surface area contributed by atoms with Crippen molar-refractivity contribution in [1.82, 2.24) is 10.2 Å². The van der Waals surface area contributed by atoms with Crippen molar-refractivity contribution in [1.29, 1.82) is 0 Å². The van der Waals surface area contributed by atoms with Gasteiger partial charge in [-0.3, -0.25) is 0 Å². The first-order chi connectivity index (χ1) is 10.7. The second-order valence-corrected chi connectivity index (χ2v) is 6.93. The highest BCUT2D eigenvalue weighted by molar-refractivity contribution is 6.66. The molecule has 0 amide bonds. The SMILES string of the molecule is CCC1(C(Cl)=NOCC(O)CN2CCCCC2)CCNCC1. The van der Waals surface area contributed by atoms with E-state index in [0.29, 0.717) is 11.7 Å². The van der Waals surface area contributed by atoms with Crippen LogP contribution in [0.15, 0.2) is 5.16 Å². The van der Waals surface area contributed by atoms with Gasteiger partial charge in [-0.2, -0.15) is 0 Å². The Morgan fingerprint density at radius 3 is 2.64 bits per heavy atom. The van der Waals surface area contributed by atoms with Gasteiger partial charge in [0.1, 0.15) is 12.7 Å². The molecule has 22 heavy (non-hydrogen) atoms. The summed E-state index contributed by atoms with van der Waals surface area (Å²) in [6, 6.07) is 0. The summed E-state index contributed by atoms with van der Waals surface area (Å²) in [7, 11) is 0. The Labute approximate surface area is 139 Å². The van der Waals surface area contributed by atoms with Crippen molar-refractivity contribution < 1.29 is 9.94 Å². The van der Waals surface area contributed by atoms with Gasteiger partial charge in [0, 0.05) is 12.0 Å². The molecule has 2 N–H and O–H groups in total. The van der Waals surface area contributed by atoms with Gasteiger partial charge in [0.25, 0.3) is 0 Å². The summed E-state index contributed by atoms with van der Waals surface area (Å²) in [6.45, 7) is 7.11. The monoisotopic (exact) mass is 331 g/mol. The summed E-state index contributed by atoms with van der Waals surface area (Å²) >= 11 is 6.40. The predicted molar refractivity (Wildman–Crippen MR) is 90.4 cm³/mol. The van der Waals surface area contributed by atoms with E-state index in [1.807, 2.05) is 0 Å². The molecule has 0 aromatic heterocycles. The second-order valence-electron chi connectivity index (χ2n) is 6.58. The molecule has 2 aliphatic heterocycles. The van der Waals surface area contributed by atoms with Crippen molar-refractivity contribution in [3.05, 3.63) is 0 Å². The summed E-state index contributed by atoms with van der Waals surface area (Å²) in [4.78, 5) is 7.63. The average Bonchev–Trinajstić information content (AvgIpc) is 2.56. The summed E-state index contributed by atoms with van der Waals surface area (Å²) in [5.74, 6) is 0. The Morgan fingerprint density at radius 2 is 2.00 bits per heavy atom. The van der Waals surface area contributed by atoms with Crippen LogP contribution < -0.4 is 5.32 Å². The third-order valence-electron chi connectivity index (χ3n) is 5.00. The first-order valence-electron chi connectivity index (χ1n) is 8.63. The van der Waals surface area contributed by atoms with E-state index in [2.05, 4.69) is 22.3 Å². The van der Waals surface area contributed by atoms with Crippen LogP contribution in [0.25, 0.3) is 0 Å². The standard InChI is InChI=1S/C16H30ClN3O2/c1-2-16(6-8-18-9-7-16)15(17)19-22-13-14(21)12-20-10-4-3-5-11-20/h14,18,21H,2-13H2,1H3. The van der Waals surface area contributed by atoms with Gasteiger partial charge in [0.2, 0.25) is 0 Å². The zero-order valence-electron chi connectivity index (χ0n) is 13.7. The molecule has 2 fully saturated rings. The minimum Gasteiger partial charge on any atom is -0.392 e.